The summed E-state index contributed by atoms with van der Waals surface area (Å²) in [7, 11) is 8.23. The predicted molar refractivity (Wildman–Crippen MR) is 122 cm³/mol. The normalized spacial score (nSPS) is 16.3. The Morgan fingerprint density at radius 1 is 1.09 bits per heavy atom. The van der Waals surface area contributed by atoms with Gasteiger partial charge in [-0.2, -0.15) is 0 Å². The zero-order chi connectivity index (χ0) is 23.4. The standard InChI is InChI=1S/C23H32N4O5/c1-24(12-10-16-8-9-19(31-4)20(13-16)32-5)17-7-6-11-27(15-17)22(29)18-14-21(28)26(3)23(30)25(18)2/h8-9,13-14,17H,6-7,10-12,15H2,1-5H3/t17-/m1/s1. The van der Waals surface area contributed by atoms with Gasteiger partial charge in [0.05, 0.1) is 14.2 Å². The second-order valence-electron chi connectivity index (χ2n) is 8.24. The van der Waals surface area contributed by atoms with Crippen molar-refractivity contribution in [2.75, 3.05) is 40.9 Å². The van der Waals surface area contributed by atoms with Gasteiger partial charge in [0.15, 0.2) is 11.5 Å². The molecule has 1 aromatic heterocycles. The van der Waals surface area contributed by atoms with E-state index >= 15 is 0 Å². The highest BCUT2D eigenvalue weighted by Gasteiger charge is 2.28. The number of hydrogen-bond donors (Lipinski definition) is 0. The number of amides is 1. The number of benzene rings is 1. The van der Waals surface area contributed by atoms with E-state index in [1.165, 1.54) is 24.7 Å². The fourth-order valence-electron chi connectivity index (χ4n) is 4.12. The second kappa shape index (κ2) is 10.0. The van der Waals surface area contributed by atoms with Crippen LogP contribution < -0.4 is 20.7 Å². The summed E-state index contributed by atoms with van der Waals surface area (Å²) in [5.41, 5.74) is 0.304. The summed E-state index contributed by atoms with van der Waals surface area (Å²) >= 11 is 0. The second-order valence-corrected chi connectivity index (χ2v) is 8.24. The largest absolute Gasteiger partial charge is 0.493 e. The summed E-state index contributed by atoms with van der Waals surface area (Å²) in [5.74, 6) is 1.14. The van der Waals surface area contributed by atoms with Crippen LogP contribution in [0.3, 0.4) is 0 Å². The molecule has 2 heterocycles. The molecule has 1 saturated heterocycles. The summed E-state index contributed by atoms with van der Waals surface area (Å²) in [6.45, 7) is 2.00. The van der Waals surface area contributed by atoms with Crippen LogP contribution in [0.15, 0.2) is 33.9 Å². The zero-order valence-electron chi connectivity index (χ0n) is 19.5. The summed E-state index contributed by atoms with van der Waals surface area (Å²) < 4.78 is 12.9. The Morgan fingerprint density at radius 3 is 2.50 bits per heavy atom. The van der Waals surface area contributed by atoms with Gasteiger partial charge < -0.3 is 19.3 Å². The molecule has 9 heteroatoms. The number of carbonyl (C=O) groups is 1. The summed E-state index contributed by atoms with van der Waals surface area (Å²) in [5, 5.41) is 0. The molecule has 0 radical (unpaired) electrons. The van der Waals surface area contributed by atoms with Crippen molar-refractivity contribution in [2.24, 2.45) is 14.1 Å². The molecule has 1 aliphatic heterocycles. The number of hydrogen-bond acceptors (Lipinski definition) is 6. The van der Waals surface area contributed by atoms with Gasteiger partial charge in [-0.25, -0.2) is 4.79 Å². The van der Waals surface area contributed by atoms with Crippen molar-refractivity contribution in [2.45, 2.75) is 25.3 Å². The molecule has 2 aromatic rings. The molecule has 0 N–H and O–H groups in total. The molecule has 0 bridgehead atoms. The lowest BCUT2D eigenvalue weighted by Gasteiger charge is -2.38. The molecule has 1 amide bonds. The number of rotatable bonds is 7. The molecule has 1 atom stereocenters. The first kappa shape index (κ1) is 23.6. The molecule has 174 valence electrons. The average Bonchev–Trinajstić information content (AvgIpc) is 2.82. The maximum atomic E-state index is 13.1. The summed E-state index contributed by atoms with van der Waals surface area (Å²) in [6, 6.07) is 7.37. The Hall–Kier alpha value is -3.07. The van der Waals surface area contributed by atoms with Crippen LogP contribution in [0.2, 0.25) is 0 Å². The Bertz CT molecular complexity index is 1090. The van der Waals surface area contributed by atoms with Gasteiger partial charge >= 0.3 is 5.69 Å². The first-order valence-electron chi connectivity index (χ1n) is 10.7. The van der Waals surface area contributed by atoms with Gasteiger partial charge in [-0.15, -0.1) is 0 Å². The van der Waals surface area contributed by atoms with Gasteiger partial charge in [0.25, 0.3) is 11.5 Å². The van der Waals surface area contributed by atoms with Crippen LogP contribution in [0.4, 0.5) is 0 Å². The van der Waals surface area contributed by atoms with Crippen molar-refractivity contribution in [3.63, 3.8) is 0 Å². The number of piperidine rings is 1. The lowest BCUT2D eigenvalue weighted by molar-refractivity contribution is 0.0600. The summed E-state index contributed by atoms with van der Waals surface area (Å²) in [4.78, 5) is 41.3. The number of aromatic nitrogens is 2. The van der Waals surface area contributed by atoms with Crippen molar-refractivity contribution in [1.29, 1.82) is 0 Å². The Kier molecular flexibility index (Phi) is 7.40. The lowest BCUT2D eigenvalue weighted by atomic mass is 10.0. The molecule has 0 unspecified atom stereocenters. The quantitative estimate of drug-likeness (QED) is 0.630. The minimum atomic E-state index is -0.499. The van der Waals surface area contributed by atoms with E-state index in [-0.39, 0.29) is 17.6 Å². The van der Waals surface area contributed by atoms with Gasteiger partial charge in [-0.1, -0.05) is 6.07 Å². The number of nitrogens with zero attached hydrogens (tertiary/aromatic N) is 4. The fraction of sp³-hybridized carbons (Fsp3) is 0.522. The maximum absolute atomic E-state index is 13.1. The van der Waals surface area contributed by atoms with Gasteiger partial charge in [0.1, 0.15) is 5.69 Å². The minimum absolute atomic E-state index is 0.131. The zero-order valence-corrected chi connectivity index (χ0v) is 19.5. The van der Waals surface area contributed by atoms with Crippen LogP contribution in [0.1, 0.15) is 28.9 Å². The summed E-state index contributed by atoms with van der Waals surface area (Å²) in [6.07, 6.45) is 2.70. The molecule has 1 aliphatic rings. The van der Waals surface area contributed by atoms with E-state index in [2.05, 4.69) is 11.9 Å². The van der Waals surface area contributed by atoms with Crippen LogP contribution >= 0.6 is 0 Å². The molecule has 1 aromatic carbocycles. The van der Waals surface area contributed by atoms with Crippen molar-refractivity contribution in [1.82, 2.24) is 18.9 Å². The van der Waals surface area contributed by atoms with Crippen molar-refractivity contribution in [3.05, 3.63) is 56.4 Å². The third kappa shape index (κ3) is 4.88. The molecule has 0 spiro atoms. The first-order chi connectivity index (χ1) is 15.3. The first-order valence-corrected chi connectivity index (χ1v) is 10.7. The van der Waals surface area contributed by atoms with Gasteiger partial charge in [-0.05, 0) is 44.0 Å². The van der Waals surface area contributed by atoms with Gasteiger partial charge in [-0.3, -0.25) is 18.7 Å². The van der Waals surface area contributed by atoms with Crippen LogP contribution in [-0.4, -0.2) is 71.8 Å². The third-order valence-corrected chi connectivity index (χ3v) is 6.25. The SMILES string of the molecule is COc1ccc(CCN(C)[C@@H]2CCCN(C(=O)c3cc(=O)n(C)c(=O)n3C)C2)cc1OC. The Balaban J connectivity index is 1.66. The van der Waals surface area contributed by atoms with Crippen LogP contribution in [0.5, 0.6) is 11.5 Å². The van der Waals surface area contributed by atoms with E-state index in [4.69, 9.17) is 9.47 Å². The molecule has 3 rings (SSSR count). The van der Waals surface area contributed by atoms with Gasteiger partial charge in [0.2, 0.25) is 0 Å². The highest BCUT2D eigenvalue weighted by molar-refractivity contribution is 5.92. The van der Waals surface area contributed by atoms with E-state index in [1.54, 1.807) is 19.1 Å². The maximum Gasteiger partial charge on any atom is 0.331 e. The highest BCUT2D eigenvalue weighted by atomic mass is 16.5. The van der Waals surface area contributed by atoms with E-state index in [0.717, 1.165) is 35.9 Å². The topological polar surface area (TPSA) is 86.0 Å². The molecule has 32 heavy (non-hydrogen) atoms. The van der Waals surface area contributed by atoms with Crippen LogP contribution in [-0.2, 0) is 20.5 Å². The monoisotopic (exact) mass is 444 g/mol. The Morgan fingerprint density at radius 2 is 1.81 bits per heavy atom. The molecule has 1 fully saturated rings. The molecule has 0 aliphatic carbocycles. The van der Waals surface area contributed by atoms with E-state index in [1.807, 2.05) is 18.2 Å². The average molecular weight is 445 g/mol. The van der Waals surface area contributed by atoms with Crippen molar-refractivity contribution < 1.29 is 14.3 Å². The molecule has 0 saturated carbocycles. The van der Waals surface area contributed by atoms with E-state index < -0.39 is 11.2 Å². The predicted octanol–water partition coefficient (Wildman–Crippen LogP) is 0.880. The van der Waals surface area contributed by atoms with Crippen LogP contribution in [0.25, 0.3) is 0 Å². The van der Waals surface area contributed by atoms with E-state index in [0.29, 0.717) is 24.6 Å². The molecular weight excluding hydrogens is 412 g/mol. The smallest absolute Gasteiger partial charge is 0.331 e. The number of methoxy groups -OCH3 is 2. The third-order valence-electron chi connectivity index (χ3n) is 6.25. The number of ether oxygens (including phenoxy) is 2. The van der Waals surface area contributed by atoms with Crippen molar-refractivity contribution >= 4 is 5.91 Å². The Labute approximate surface area is 187 Å². The van der Waals surface area contributed by atoms with Gasteiger partial charge in [0, 0.05) is 45.8 Å². The lowest BCUT2D eigenvalue weighted by Crippen LogP contribution is -2.50. The number of likely N-dealkylation sites (N-methyl/N-ethyl adjacent to an activating group) is 1. The minimum Gasteiger partial charge on any atom is -0.493 e. The number of carbonyl (C=O) groups excluding carboxylic acids is 1. The number of likely N-dealkylation sites (tertiary alicyclic amines) is 1. The van der Waals surface area contributed by atoms with Crippen molar-refractivity contribution in [3.8, 4) is 11.5 Å². The van der Waals surface area contributed by atoms with E-state index in [9.17, 15) is 14.4 Å². The molecular formula is C23H32N4O5. The fourth-order valence-corrected chi connectivity index (χ4v) is 4.12. The molecule has 9 nitrogen and oxygen atoms in total. The highest BCUT2D eigenvalue weighted by Crippen LogP contribution is 2.28. The van der Waals surface area contributed by atoms with Crippen LogP contribution in [0, 0.1) is 0 Å².